The number of hydrogen-bond donors (Lipinski definition) is 2. The zero-order valence-corrected chi connectivity index (χ0v) is 20.2. The summed E-state index contributed by atoms with van der Waals surface area (Å²) in [6.45, 7) is 5.23. The van der Waals surface area contributed by atoms with Gasteiger partial charge < -0.3 is 20.1 Å². The van der Waals surface area contributed by atoms with Crippen LogP contribution in [-0.2, 0) is 9.53 Å². The molecule has 1 aliphatic rings. The number of morpholine rings is 1. The molecule has 1 aromatic heterocycles. The second-order valence-corrected chi connectivity index (χ2v) is 8.93. The molecule has 1 saturated heterocycles. The normalized spacial score (nSPS) is 14.3. The molecule has 1 atom stereocenters. The number of amides is 1. The van der Waals surface area contributed by atoms with Crippen LogP contribution in [0, 0.1) is 6.92 Å². The number of nitrogens with zero attached hydrogens (tertiary/aromatic N) is 2. The fraction of sp³-hybridized carbons (Fsp3) is 0.200. The highest BCUT2D eigenvalue weighted by Gasteiger charge is 2.18. The molecule has 6 nitrogen and oxygen atoms in total. The quantitative estimate of drug-likeness (QED) is 0.396. The van der Waals surface area contributed by atoms with Gasteiger partial charge in [0.05, 0.1) is 13.2 Å². The molecule has 0 spiro atoms. The molecule has 3 aromatic carbocycles. The van der Waals surface area contributed by atoms with Gasteiger partial charge in [0.15, 0.2) is 6.10 Å². The average Bonchev–Trinajstić information content (AvgIpc) is 2.94. The van der Waals surface area contributed by atoms with E-state index in [-0.39, 0.29) is 0 Å². The minimum absolute atomic E-state index is 0.470. The summed E-state index contributed by atoms with van der Waals surface area (Å²) in [5.41, 5.74) is 7.37. The van der Waals surface area contributed by atoms with Gasteiger partial charge in [-0.25, -0.2) is 0 Å². The number of ether oxygens (including phenoxy) is 1. The number of pyridine rings is 1. The van der Waals surface area contributed by atoms with Gasteiger partial charge in [0.2, 0.25) is 0 Å². The molecule has 36 heavy (non-hydrogen) atoms. The van der Waals surface area contributed by atoms with E-state index in [1.165, 1.54) is 5.69 Å². The second-order valence-electron chi connectivity index (χ2n) is 8.93. The van der Waals surface area contributed by atoms with Crippen molar-refractivity contribution in [3.8, 4) is 22.3 Å². The van der Waals surface area contributed by atoms with Crippen LogP contribution in [0.15, 0.2) is 91.1 Å². The summed E-state index contributed by atoms with van der Waals surface area (Å²) in [7, 11) is 0. The largest absolute Gasteiger partial charge is 0.378 e. The zero-order chi connectivity index (χ0) is 24.9. The van der Waals surface area contributed by atoms with Crippen LogP contribution < -0.4 is 10.2 Å². The Balaban J connectivity index is 1.26. The number of anilines is 2. The lowest BCUT2D eigenvalue weighted by molar-refractivity contribution is -0.124. The Bertz CT molecular complexity index is 1330. The van der Waals surface area contributed by atoms with Crippen LogP contribution in [0.1, 0.15) is 17.4 Å². The molecule has 2 N–H and O–H groups in total. The van der Waals surface area contributed by atoms with Crippen molar-refractivity contribution in [3.05, 3.63) is 102 Å². The summed E-state index contributed by atoms with van der Waals surface area (Å²) in [5.74, 6) is -0.470. The Kier molecular flexibility index (Phi) is 7.07. The Labute approximate surface area is 211 Å². The minimum atomic E-state index is -1.28. The summed E-state index contributed by atoms with van der Waals surface area (Å²) >= 11 is 0. The third-order valence-electron chi connectivity index (χ3n) is 6.41. The third kappa shape index (κ3) is 5.46. The van der Waals surface area contributed by atoms with E-state index in [1.54, 1.807) is 12.3 Å². The van der Waals surface area contributed by atoms with Crippen LogP contribution in [0.4, 0.5) is 11.4 Å². The lowest BCUT2D eigenvalue weighted by Gasteiger charge is -2.28. The van der Waals surface area contributed by atoms with E-state index in [4.69, 9.17) is 4.74 Å². The van der Waals surface area contributed by atoms with Crippen molar-refractivity contribution in [1.29, 1.82) is 0 Å². The number of carbonyl (C=O) groups is 1. The van der Waals surface area contributed by atoms with Crippen LogP contribution in [0.25, 0.3) is 22.3 Å². The van der Waals surface area contributed by atoms with Crippen LogP contribution >= 0.6 is 0 Å². The molecule has 0 aliphatic carbocycles. The van der Waals surface area contributed by atoms with Crippen molar-refractivity contribution in [1.82, 2.24) is 4.98 Å². The summed E-state index contributed by atoms with van der Waals surface area (Å²) < 4.78 is 5.43. The molecule has 4 aromatic rings. The second kappa shape index (κ2) is 10.7. The lowest BCUT2D eigenvalue weighted by Crippen LogP contribution is -2.36. The highest BCUT2D eigenvalue weighted by atomic mass is 16.5. The van der Waals surface area contributed by atoms with E-state index in [1.807, 2.05) is 61.5 Å². The molecule has 182 valence electrons. The van der Waals surface area contributed by atoms with Gasteiger partial charge in [-0.05, 0) is 77.2 Å². The highest BCUT2D eigenvalue weighted by molar-refractivity contribution is 5.95. The SMILES string of the molecule is Cc1cc(-c2ccc(NC(=O)C(O)c3cccc(-c4ccc(N5CCOCC5)cc4)c3)cc2)ccn1. The van der Waals surface area contributed by atoms with Gasteiger partial charge in [-0.2, -0.15) is 0 Å². The maximum Gasteiger partial charge on any atom is 0.257 e. The van der Waals surface area contributed by atoms with E-state index >= 15 is 0 Å². The maximum absolute atomic E-state index is 12.8. The first-order valence-corrected chi connectivity index (χ1v) is 12.1. The summed E-state index contributed by atoms with van der Waals surface area (Å²) in [6.07, 6.45) is 0.503. The van der Waals surface area contributed by atoms with Crippen molar-refractivity contribution in [3.63, 3.8) is 0 Å². The molecule has 0 bridgehead atoms. The zero-order valence-electron chi connectivity index (χ0n) is 20.2. The number of nitrogens with one attached hydrogen (secondary N) is 1. The first kappa shape index (κ1) is 23.7. The lowest BCUT2D eigenvalue weighted by atomic mass is 10.00. The van der Waals surface area contributed by atoms with Gasteiger partial charge in [-0.1, -0.05) is 42.5 Å². The molecule has 1 amide bonds. The van der Waals surface area contributed by atoms with E-state index in [0.29, 0.717) is 11.3 Å². The van der Waals surface area contributed by atoms with Gasteiger partial charge in [-0.3, -0.25) is 9.78 Å². The van der Waals surface area contributed by atoms with Crippen molar-refractivity contribution in [2.75, 3.05) is 36.5 Å². The third-order valence-corrected chi connectivity index (χ3v) is 6.41. The number of aryl methyl sites for hydroxylation is 1. The monoisotopic (exact) mass is 479 g/mol. The molecular weight excluding hydrogens is 450 g/mol. The Morgan fingerprint density at radius 1 is 0.889 bits per heavy atom. The molecule has 0 saturated carbocycles. The molecule has 2 heterocycles. The maximum atomic E-state index is 12.8. The Morgan fingerprint density at radius 2 is 1.56 bits per heavy atom. The molecule has 5 rings (SSSR count). The van der Waals surface area contributed by atoms with E-state index in [9.17, 15) is 9.90 Å². The number of carbonyl (C=O) groups excluding carboxylic acids is 1. The Morgan fingerprint density at radius 3 is 2.25 bits per heavy atom. The Hall–Kier alpha value is -4.00. The predicted molar refractivity (Wildman–Crippen MR) is 143 cm³/mol. The number of aliphatic hydroxyl groups excluding tert-OH is 1. The standard InChI is InChI=1S/C30H29N3O3/c1-21-19-25(13-14-31-21)22-5-9-27(10-6-22)32-30(35)29(34)26-4-2-3-24(20-26)23-7-11-28(12-8-23)33-15-17-36-18-16-33/h2-14,19-20,29,34H,15-18H2,1H3,(H,32,35). The molecular formula is C30H29N3O3. The molecule has 1 fully saturated rings. The minimum Gasteiger partial charge on any atom is -0.378 e. The van der Waals surface area contributed by atoms with E-state index in [2.05, 4.69) is 39.5 Å². The topological polar surface area (TPSA) is 74.7 Å². The van der Waals surface area contributed by atoms with Gasteiger partial charge in [0, 0.05) is 36.4 Å². The molecule has 6 heteroatoms. The first-order chi connectivity index (χ1) is 17.6. The number of aromatic nitrogens is 1. The first-order valence-electron chi connectivity index (χ1n) is 12.1. The summed E-state index contributed by atoms with van der Waals surface area (Å²) in [4.78, 5) is 19.3. The van der Waals surface area contributed by atoms with E-state index in [0.717, 1.165) is 54.3 Å². The van der Waals surface area contributed by atoms with Crippen molar-refractivity contribution < 1.29 is 14.6 Å². The highest BCUT2D eigenvalue weighted by Crippen LogP contribution is 2.27. The van der Waals surface area contributed by atoms with Crippen molar-refractivity contribution in [2.24, 2.45) is 0 Å². The molecule has 1 unspecified atom stereocenters. The van der Waals surface area contributed by atoms with Gasteiger partial charge in [0.25, 0.3) is 5.91 Å². The van der Waals surface area contributed by atoms with Crippen LogP contribution in [0.2, 0.25) is 0 Å². The van der Waals surface area contributed by atoms with Gasteiger partial charge >= 0.3 is 0 Å². The van der Waals surface area contributed by atoms with Crippen LogP contribution in [0.3, 0.4) is 0 Å². The van der Waals surface area contributed by atoms with Gasteiger partial charge in [-0.15, -0.1) is 0 Å². The van der Waals surface area contributed by atoms with Crippen LogP contribution in [-0.4, -0.2) is 42.3 Å². The smallest absolute Gasteiger partial charge is 0.257 e. The van der Waals surface area contributed by atoms with E-state index < -0.39 is 12.0 Å². The molecule has 1 aliphatic heterocycles. The average molecular weight is 480 g/mol. The van der Waals surface area contributed by atoms with Crippen LogP contribution in [0.5, 0.6) is 0 Å². The summed E-state index contributed by atoms with van der Waals surface area (Å²) in [6, 6.07) is 27.4. The number of rotatable bonds is 6. The number of aliphatic hydroxyl groups is 1. The number of hydrogen-bond acceptors (Lipinski definition) is 5. The van der Waals surface area contributed by atoms with Gasteiger partial charge in [0.1, 0.15) is 0 Å². The number of benzene rings is 3. The van der Waals surface area contributed by atoms with Crippen molar-refractivity contribution >= 4 is 17.3 Å². The fourth-order valence-corrected chi connectivity index (χ4v) is 4.41. The fourth-order valence-electron chi connectivity index (χ4n) is 4.41. The predicted octanol–water partition coefficient (Wildman–Crippen LogP) is 5.23. The van der Waals surface area contributed by atoms with Crippen molar-refractivity contribution in [2.45, 2.75) is 13.0 Å². The summed E-state index contributed by atoms with van der Waals surface area (Å²) in [5, 5.41) is 13.6. The molecule has 0 radical (unpaired) electrons.